The summed E-state index contributed by atoms with van der Waals surface area (Å²) >= 11 is 0. The van der Waals surface area contributed by atoms with Crippen LogP contribution in [0.4, 0.5) is 4.79 Å². The minimum absolute atomic E-state index is 0.284. The Morgan fingerprint density at radius 1 is 0.625 bits per heavy atom. The van der Waals surface area contributed by atoms with E-state index in [1.165, 1.54) is 83.5 Å². The Bertz CT molecular complexity index is 474. The van der Waals surface area contributed by atoms with E-state index in [4.69, 9.17) is 9.47 Å². The monoisotopic (exact) mass is 453 g/mol. The number of ether oxygens (including phenoxy) is 2. The molecule has 32 heavy (non-hydrogen) atoms. The second-order valence-electron chi connectivity index (χ2n) is 9.64. The van der Waals surface area contributed by atoms with Gasteiger partial charge in [-0.1, -0.05) is 117 Å². The van der Waals surface area contributed by atoms with Gasteiger partial charge in [0.2, 0.25) is 0 Å². The van der Waals surface area contributed by atoms with Gasteiger partial charge >= 0.3 is 12.1 Å². The number of carbonyl (C=O) groups excluding carboxylic acids is 2. The zero-order valence-electron chi connectivity index (χ0n) is 21.2. The Labute approximate surface area is 197 Å². The molecule has 188 valence electrons. The van der Waals surface area contributed by atoms with Crippen molar-refractivity contribution in [2.75, 3.05) is 13.2 Å². The molecule has 0 aromatic carbocycles. The van der Waals surface area contributed by atoms with Crippen LogP contribution in [0, 0.1) is 0 Å². The molecule has 5 nitrogen and oxygen atoms in total. The van der Waals surface area contributed by atoms with Crippen molar-refractivity contribution < 1.29 is 19.1 Å². The fourth-order valence-electron chi connectivity index (χ4n) is 4.56. The molecule has 1 aliphatic carbocycles. The van der Waals surface area contributed by atoms with Crippen LogP contribution in [0.25, 0.3) is 0 Å². The molecule has 0 radical (unpaired) electrons. The molecule has 0 atom stereocenters. The van der Waals surface area contributed by atoms with E-state index >= 15 is 0 Å². The van der Waals surface area contributed by atoms with Crippen LogP contribution in [-0.4, -0.2) is 30.8 Å². The lowest BCUT2D eigenvalue weighted by atomic mass is 9.98. The van der Waals surface area contributed by atoms with Gasteiger partial charge in [-0.15, -0.1) is 0 Å². The van der Waals surface area contributed by atoms with E-state index in [0.29, 0.717) is 26.1 Å². The molecular weight excluding hydrogens is 402 g/mol. The molecule has 1 amide bonds. The predicted octanol–water partition coefficient (Wildman–Crippen LogP) is 7.85. The third-order valence-corrected chi connectivity index (χ3v) is 6.61. The van der Waals surface area contributed by atoms with Gasteiger partial charge in [-0.25, -0.2) is 9.59 Å². The van der Waals surface area contributed by atoms with Crippen molar-refractivity contribution in [1.82, 2.24) is 5.32 Å². The predicted molar refractivity (Wildman–Crippen MR) is 132 cm³/mol. The highest BCUT2D eigenvalue weighted by Gasteiger charge is 2.44. The van der Waals surface area contributed by atoms with Gasteiger partial charge in [0.05, 0.1) is 13.2 Å². The summed E-state index contributed by atoms with van der Waals surface area (Å²) in [5.41, 5.74) is -0.875. The summed E-state index contributed by atoms with van der Waals surface area (Å²) in [6.45, 7) is 5.04. The molecule has 0 bridgehead atoms. The van der Waals surface area contributed by atoms with Gasteiger partial charge in [0, 0.05) is 0 Å². The number of rotatable bonds is 20. The van der Waals surface area contributed by atoms with E-state index in [1.807, 2.05) is 6.92 Å². The molecule has 0 saturated heterocycles. The fourth-order valence-corrected chi connectivity index (χ4v) is 4.56. The molecule has 5 heteroatoms. The van der Waals surface area contributed by atoms with Crippen molar-refractivity contribution in [2.24, 2.45) is 0 Å². The molecule has 0 unspecified atom stereocenters. The van der Waals surface area contributed by atoms with Crippen LogP contribution in [0.1, 0.15) is 142 Å². The van der Waals surface area contributed by atoms with Crippen molar-refractivity contribution in [3.05, 3.63) is 0 Å². The number of amides is 1. The lowest BCUT2D eigenvalue weighted by Gasteiger charge is -2.27. The molecule has 0 spiro atoms. The number of alkyl carbamates (subject to hydrolysis) is 1. The highest BCUT2D eigenvalue weighted by Crippen LogP contribution is 2.31. The largest absolute Gasteiger partial charge is 0.464 e. The second kappa shape index (κ2) is 19.2. The molecule has 1 saturated carbocycles. The summed E-state index contributed by atoms with van der Waals surface area (Å²) in [4.78, 5) is 24.6. The van der Waals surface area contributed by atoms with Crippen LogP contribution in [0.2, 0.25) is 0 Å². The number of carbonyl (C=O) groups is 2. The molecule has 0 aliphatic heterocycles. The maximum absolute atomic E-state index is 12.6. The van der Waals surface area contributed by atoms with Crippen LogP contribution in [0.15, 0.2) is 0 Å². The van der Waals surface area contributed by atoms with Crippen molar-refractivity contribution in [3.63, 3.8) is 0 Å². The van der Waals surface area contributed by atoms with E-state index in [9.17, 15) is 9.59 Å². The zero-order chi connectivity index (χ0) is 23.3. The van der Waals surface area contributed by atoms with E-state index in [2.05, 4.69) is 12.2 Å². The minimum Gasteiger partial charge on any atom is -0.464 e. The van der Waals surface area contributed by atoms with Crippen molar-refractivity contribution in [3.8, 4) is 0 Å². The summed E-state index contributed by atoms with van der Waals surface area (Å²) < 4.78 is 10.6. The normalized spacial score (nSPS) is 14.9. The van der Waals surface area contributed by atoms with Crippen molar-refractivity contribution >= 4 is 12.1 Å². The molecule has 1 aliphatic rings. The second-order valence-corrected chi connectivity index (χ2v) is 9.64. The smallest absolute Gasteiger partial charge is 0.408 e. The molecule has 1 rings (SSSR count). The Balaban J connectivity index is 1.97. The standard InChI is InChI=1S/C27H51NO4/c1-3-5-6-7-8-9-10-11-12-13-14-15-16-17-20-24-31-25(29)27(21-18-19-22-27)28-26(30)32-23-4-2/h3-24H2,1-2H3,(H,28,30). The first-order valence-corrected chi connectivity index (χ1v) is 13.8. The van der Waals surface area contributed by atoms with E-state index in [-0.39, 0.29) is 5.97 Å². The van der Waals surface area contributed by atoms with E-state index < -0.39 is 11.6 Å². The molecule has 1 N–H and O–H groups in total. The Kier molecular flexibility index (Phi) is 17.3. The number of hydrogen-bond acceptors (Lipinski definition) is 4. The van der Waals surface area contributed by atoms with Gasteiger partial charge in [-0.2, -0.15) is 0 Å². The van der Waals surface area contributed by atoms with Gasteiger partial charge in [-0.05, 0) is 25.7 Å². The minimum atomic E-state index is -0.875. The summed E-state index contributed by atoms with van der Waals surface area (Å²) in [6.07, 6.45) is 23.2. The fraction of sp³-hybridized carbons (Fsp3) is 0.926. The molecular formula is C27H51NO4. The van der Waals surface area contributed by atoms with Gasteiger partial charge in [0.1, 0.15) is 5.54 Å². The maximum atomic E-state index is 12.6. The van der Waals surface area contributed by atoms with Gasteiger partial charge in [0.25, 0.3) is 0 Å². The van der Waals surface area contributed by atoms with Crippen LogP contribution in [0.3, 0.4) is 0 Å². The maximum Gasteiger partial charge on any atom is 0.408 e. The third-order valence-electron chi connectivity index (χ3n) is 6.61. The summed E-state index contributed by atoms with van der Waals surface area (Å²) in [7, 11) is 0. The first kappa shape index (κ1) is 28.8. The highest BCUT2D eigenvalue weighted by molar-refractivity contribution is 5.86. The number of hydrogen-bond donors (Lipinski definition) is 1. The first-order valence-electron chi connectivity index (χ1n) is 13.8. The molecule has 0 aromatic rings. The highest BCUT2D eigenvalue weighted by atomic mass is 16.6. The average molecular weight is 454 g/mol. The topological polar surface area (TPSA) is 64.6 Å². The lowest BCUT2D eigenvalue weighted by molar-refractivity contribution is -0.151. The molecule has 0 heterocycles. The quantitative estimate of drug-likeness (QED) is 0.150. The summed E-state index contributed by atoms with van der Waals surface area (Å²) in [5, 5.41) is 2.80. The first-order chi connectivity index (χ1) is 15.6. The Hall–Kier alpha value is -1.26. The average Bonchev–Trinajstić information content (AvgIpc) is 3.27. The number of nitrogens with one attached hydrogen (secondary N) is 1. The lowest BCUT2D eigenvalue weighted by Crippen LogP contribution is -2.53. The van der Waals surface area contributed by atoms with E-state index in [1.54, 1.807) is 0 Å². The number of esters is 1. The SMILES string of the molecule is CCCCCCCCCCCCCCCCCOC(=O)C1(NC(=O)OCCC)CCCC1. The molecule has 1 fully saturated rings. The summed E-state index contributed by atoms with van der Waals surface area (Å²) in [6, 6.07) is 0. The number of unbranched alkanes of at least 4 members (excludes halogenated alkanes) is 14. The zero-order valence-corrected chi connectivity index (χ0v) is 21.2. The van der Waals surface area contributed by atoms with Crippen molar-refractivity contribution in [2.45, 2.75) is 148 Å². The van der Waals surface area contributed by atoms with E-state index in [0.717, 1.165) is 32.1 Å². The molecule has 0 aromatic heterocycles. The van der Waals surface area contributed by atoms with Gasteiger partial charge in [0.15, 0.2) is 0 Å². The van der Waals surface area contributed by atoms with Crippen LogP contribution >= 0.6 is 0 Å². The Morgan fingerprint density at radius 2 is 1.09 bits per heavy atom. The third kappa shape index (κ3) is 13.3. The Morgan fingerprint density at radius 3 is 1.56 bits per heavy atom. The van der Waals surface area contributed by atoms with Crippen LogP contribution < -0.4 is 5.32 Å². The van der Waals surface area contributed by atoms with Crippen LogP contribution in [0.5, 0.6) is 0 Å². The van der Waals surface area contributed by atoms with Crippen molar-refractivity contribution in [1.29, 1.82) is 0 Å². The van der Waals surface area contributed by atoms with Gasteiger partial charge < -0.3 is 14.8 Å². The summed E-state index contributed by atoms with van der Waals surface area (Å²) in [5.74, 6) is -0.284. The van der Waals surface area contributed by atoms with Gasteiger partial charge in [-0.3, -0.25) is 0 Å². The van der Waals surface area contributed by atoms with Crippen LogP contribution in [-0.2, 0) is 14.3 Å².